The van der Waals surface area contributed by atoms with Crippen molar-refractivity contribution in [3.05, 3.63) is 35.5 Å². The first kappa shape index (κ1) is 12.7. The van der Waals surface area contributed by atoms with Gasteiger partial charge in [-0.3, -0.25) is 4.79 Å². The largest absolute Gasteiger partial charge is 0.345 e. The lowest BCUT2D eigenvalue weighted by atomic mass is 9.97. The first-order chi connectivity index (χ1) is 10.8. The van der Waals surface area contributed by atoms with Crippen LogP contribution in [-0.4, -0.2) is 28.6 Å². The summed E-state index contributed by atoms with van der Waals surface area (Å²) in [5.41, 5.74) is 3.37. The SMILES string of the molecule is O=C(NC12CCC(C1)NC2)c1c2n(c3ccccc13)CCC2. The van der Waals surface area contributed by atoms with Crippen molar-refractivity contribution in [2.75, 3.05) is 6.54 Å². The molecule has 114 valence electrons. The molecule has 2 bridgehead atoms. The van der Waals surface area contributed by atoms with Crippen molar-refractivity contribution in [2.45, 2.75) is 50.2 Å². The van der Waals surface area contributed by atoms with E-state index in [2.05, 4.69) is 33.4 Å². The summed E-state index contributed by atoms with van der Waals surface area (Å²) < 4.78 is 2.34. The third kappa shape index (κ3) is 1.64. The van der Waals surface area contributed by atoms with Crippen molar-refractivity contribution in [3.63, 3.8) is 0 Å². The van der Waals surface area contributed by atoms with Gasteiger partial charge in [0.1, 0.15) is 0 Å². The molecule has 3 aliphatic rings. The Balaban J connectivity index is 1.57. The number of para-hydroxylation sites is 1. The summed E-state index contributed by atoms with van der Waals surface area (Å²) in [6, 6.07) is 8.95. The van der Waals surface area contributed by atoms with Crippen LogP contribution in [0.2, 0.25) is 0 Å². The van der Waals surface area contributed by atoms with Crippen LogP contribution in [0, 0.1) is 0 Å². The second-order valence-corrected chi connectivity index (χ2v) is 7.15. The molecule has 1 amide bonds. The maximum Gasteiger partial charge on any atom is 0.254 e. The van der Waals surface area contributed by atoms with Gasteiger partial charge in [0, 0.05) is 35.7 Å². The lowest BCUT2D eigenvalue weighted by molar-refractivity contribution is 0.0907. The molecule has 2 fully saturated rings. The topological polar surface area (TPSA) is 46.1 Å². The molecule has 22 heavy (non-hydrogen) atoms. The van der Waals surface area contributed by atoms with Crippen LogP contribution >= 0.6 is 0 Å². The van der Waals surface area contributed by atoms with Crippen LogP contribution in [0.3, 0.4) is 0 Å². The van der Waals surface area contributed by atoms with E-state index in [4.69, 9.17) is 0 Å². The molecule has 2 aromatic rings. The van der Waals surface area contributed by atoms with Crippen molar-refractivity contribution in [1.29, 1.82) is 0 Å². The maximum atomic E-state index is 13.1. The quantitative estimate of drug-likeness (QED) is 0.892. The van der Waals surface area contributed by atoms with Gasteiger partial charge >= 0.3 is 0 Å². The zero-order valence-corrected chi connectivity index (χ0v) is 12.7. The molecule has 4 heteroatoms. The molecular weight excluding hydrogens is 274 g/mol. The number of carbonyl (C=O) groups is 1. The molecule has 4 nitrogen and oxygen atoms in total. The van der Waals surface area contributed by atoms with Gasteiger partial charge in [-0.2, -0.15) is 0 Å². The number of hydrogen-bond donors (Lipinski definition) is 2. The van der Waals surface area contributed by atoms with E-state index in [1.54, 1.807) is 0 Å². The fraction of sp³-hybridized carbons (Fsp3) is 0.500. The van der Waals surface area contributed by atoms with Crippen LogP contribution in [0.1, 0.15) is 41.7 Å². The first-order valence-corrected chi connectivity index (χ1v) is 8.42. The van der Waals surface area contributed by atoms with E-state index in [0.717, 1.165) is 49.7 Å². The number of benzene rings is 1. The summed E-state index contributed by atoms with van der Waals surface area (Å²) in [5, 5.41) is 8.03. The van der Waals surface area contributed by atoms with Gasteiger partial charge in [-0.15, -0.1) is 0 Å². The minimum absolute atomic E-state index is 0.00369. The van der Waals surface area contributed by atoms with Crippen molar-refractivity contribution in [2.24, 2.45) is 0 Å². The number of nitrogens with one attached hydrogen (secondary N) is 2. The number of rotatable bonds is 2. The Hall–Kier alpha value is -1.81. The minimum atomic E-state index is -0.00369. The molecule has 2 aliphatic heterocycles. The minimum Gasteiger partial charge on any atom is -0.345 e. The highest BCUT2D eigenvalue weighted by atomic mass is 16.1. The molecule has 1 aliphatic carbocycles. The highest BCUT2D eigenvalue weighted by molar-refractivity contribution is 6.09. The summed E-state index contributed by atoms with van der Waals surface area (Å²) in [4.78, 5) is 13.1. The lowest BCUT2D eigenvalue weighted by Crippen LogP contribution is -2.50. The molecule has 0 radical (unpaired) electrons. The number of nitrogens with zero attached hydrogens (tertiary/aromatic N) is 1. The highest BCUT2D eigenvalue weighted by Gasteiger charge is 2.46. The van der Waals surface area contributed by atoms with Crippen LogP contribution in [0.4, 0.5) is 0 Å². The molecule has 1 aromatic carbocycles. The predicted molar refractivity (Wildman–Crippen MR) is 86.1 cm³/mol. The number of fused-ring (bicyclic) bond motifs is 5. The number of aromatic nitrogens is 1. The van der Waals surface area contributed by atoms with E-state index >= 15 is 0 Å². The highest BCUT2D eigenvalue weighted by Crippen LogP contribution is 2.37. The van der Waals surface area contributed by atoms with Crippen molar-refractivity contribution < 1.29 is 4.79 Å². The predicted octanol–water partition coefficient (Wildman–Crippen LogP) is 2.21. The summed E-state index contributed by atoms with van der Waals surface area (Å²) in [7, 11) is 0. The zero-order valence-electron chi connectivity index (χ0n) is 12.7. The fourth-order valence-electron chi connectivity index (χ4n) is 4.79. The molecule has 2 unspecified atom stereocenters. The standard InChI is InChI=1S/C18H21N3O/c22-17(20-18-8-7-12(10-18)19-11-18)16-13-4-1-2-5-14(13)21-9-3-6-15(16)21/h1-2,4-5,12,19H,3,6-11H2,(H,20,22). The maximum absolute atomic E-state index is 13.1. The smallest absolute Gasteiger partial charge is 0.254 e. The van der Waals surface area contributed by atoms with E-state index in [1.807, 2.05) is 6.07 Å². The van der Waals surface area contributed by atoms with Crippen LogP contribution in [0.15, 0.2) is 24.3 Å². The number of carbonyl (C=O) groups excluding carboxylic acids is 1. The number of hydrogen-bond acceptors (Lipinski definition) is 2. The third-order valence-corrected chi connectivity index (χ3v) is 5.82. The van der Waals surface area contributed by atoms with Crippen LogP contribution in [0.5, 0.6) is 0 Å². The number of aryl methyl sites for hydroxylation is 1. The van der Waals surface area contributed by atoms with Crippen LogP contribution < -0.4 is 10.6 Å². The van der Waals surface area contributed by atoms with Crippen LogP contribution in [-0.2, 0) is 13.0 Å². The van der Waals surface area contributed by atoms with Gasteiger partial charge in [0.15, 0.2) is 0 Å². The Morgan fingerprint density at radius 3 is 3.05 bits per heavy atom. The number of amides is 1. The summed E-state index contributed by atoms with van der Waals surface area (Å²) in [6.45, 7) is 1.97. The van der Waals surface area contributed by atoms with Crippen molar-refractivity contribution in [1.82, 2.24) is 15.2 Å². The summed E-state index contributed by atoms with van der Waals surface area (Å²) in [6.07, 6.45) is 5.56. The molecule has 1 aromatic heterocycles. The van der Waals surface area contributed by atoms with Gasteiger partial charge in [-0.25, -0.2) is 0 Å². The molecule has 1 saturated heterocycles. The second kappa shape index (κ2) is 4.35. The molecule has 5 rings (SSSR count). The van der Waals surface area contributed by atoms with Crippen LogP contribution in [0.25, 0.3) is 10.9 Å². The fourth-order valence-corrected chi connectivity index (χ4v) is 4.79. The van der Waals surface area contributed by atoms with Gasteiger partial charge in [0.2, 0.25) is 0 Å². The Bertz CT molecular complexity index is 768. The molecule has 1 saturated carbocycles. The van der Waals surface area contributed by atoms with E-state index in [0.29, 0.717) is 6.04 Å². The normalized spacial score (nSPS) is 29.2. The summed E-state index contributed by atoms with van der Waals surface area (Å²) in [5.74, 6) is 0.135. The second-order valence-electron chi connectivity index (χ2n) is 7.15. The number of piperidine rings is 1. The summed E-state index contributed by atoms with van der Waals surface area (Å²) >= 11 is 0. The van der Waals surface area contributed by atoms with E-state index in [9.17, 15) is 4.79 Å². The van der Waals surface area contributed by atoms with Crippen molar-refractivity contribution in [3.8, 4) is 0 Å². The molecule has 3 heterocycles. The van der Waals surface area contributed by atoms with Gasteiger partial charge in [-0.1, -0.05) is 18.2 Å². The lowest BCUT2D eigenvalue weighted by Gasteiger charge is -2.28. The Kier molecular flexibility index (Phi) is 2.51. The molecular formula is C18H21N3O. The average Bonchev–Trinajstić information content (AvgIpc) is 3.26. The average molecular weight is 295 g/mol. The molecule has 2 atom stereocenters. The van der Waals surface area contributed by atoms with Gasteiger partial charge < -0.3 is 15.2 Å². The van der Waals surface area contributed by atoms with E-state index in [1.165, 1.54) is 17.6 Å². The first-order valence-electron chi connectivity index (χ1n) is 8.42. The molecule has 2 N–H and O–H groups in total. The zero-order chi connectivity index (χ0) is 14.7. The van der Waals surface area contributed by atoms with Gasteiger partial charge in [0.05, 0.1) is 11.1 Å². The monoisotopic (exact) mass is 295 g/mol. The van der Waals surface area contributed by atoms with Gasteiger partial charge in [-0.05, 0) is 38.2 Å². The third-order valence-electron chi connectivity index (χ3n) is 5.82. The Morgan fingerprint density at radius 1 is 1.36 bits per heavy atom. The Labute approximate surface area is 129 Å². The molecule has 0 spiro atoms. The van der Waals surface area contributed by atoms with E-state index < -0.39 is 0 Å². The Morgan fingerprint density at radius 2 is 2.27 bits per heavy atom. The van der Waals surface area contributed by atoms with E-state index in [-0.39, 0.29) is 11.4 Å². The van der Waals surface area contributed by atoms with Crippen molar-refractivity contribution >= 4 is 16.8 Å². The van der Waals surface area contributed by atoms with Gasteiger partial charge in [0.25, 0.3) is 5.91 Å².